The topological polar surface area (TPSA) is 127 Å². The van der Waals surface area contributed by atoms with Crippen molar-refractivity contribution in [3.8, 4) is 0 Å². The van der Waals surface area contributed by atoms with E-state index < -0.39 is 9.84 Å². The Morgan fingerprint density at radius 2 is 1.65 bits per heavy atom. The number of hydrogen-bond acceptors (Lipinski definition) is 7. The van der Waals surface area contributed by atoms with E-state index in [9.17, 15) is 8.42 Å². The van der Waals surface area contributed by atoms with Gasteiger partial charge >= 0.3 is 0 Å². The van der Waals surface area contributed by atoms with Crippen LogP contribution in [0.1, 0.15) is 43.2 Å². The Balaban J connectivity index is 1.23. The Hall–Kier alpha value is -3.72. The molecule has 2 aromatic heterocycles. The third kappa shape index (κ3) is 4.79. The predicted molar refractivity (Wildman–Crippen MR) is 135 cm³/mol. The molecule has 2 aromatic carbocycles. The van der Waals surface area contributed by atoms with Gasteiger partial charge in [0, 0.05) is 23.6 Å². The molecule has 9 heteroatoms. The molecule has 8 nitrogen and oxygen atoms in total. The van der Waals surface area contributed by atoms with E-state index in [0.29, 0.717) is 16.8 Å². The van der Waals surface area contributed by atoms with E-state index in [4.69, 9.17) is 5.73 Å². The molecule has 0 radical (unpaired) electrons. The Kier molecular flexibility index (Phi) is 6.02. The number of sulfone groups is 1. The fraction of sp³-hybridized carbons (Fsp3) is 0.240. The first-order chi connectivity index (χ1) is 16.5. The second kappa shape index (κ2) is 9.26. The van der Waals surface area contributed by atoms with Crippen LogP contribution < -0.4 is 11.1 Å². The number of nitrogen functional groups attached to an aromatic ring is 1. The van der Waals surface area contributed by atoms with Crippen LogP contribution >= 0.6 is 0 Å². The van der Waals surface area contributed by atoms with Crippen molar-refractivity contribution in [1.82, 2.24) is 19.9 Å². The zero-order chi connectivity index (χ0) is 23.5. The van der Waals surface area contributed by atoms with Gasteiger partial charge in [-0.1, -0.05) is 37.5 Å². The summed E-state index contributed by atoms with van der Waals surface area (Å²) in [5, 5.41) is 2.86. The van der Waals surface area contributed by atoms with Crippen LogP contribution in [-0.2, 0) is 9.84 Å². The molecule has 1 fully saturated rings. The van der Waals surface area contributed by atoms with E-state index in [1.807, 2.05) is 30.4 Å². The molecule has 2 heterocycles. The van der Waals surface area contributed by atoms with E-state index in [0.717, 1.165) is 60.0 Å². The summed E-state index contributed by atoms with van der Waals surface area (Å²) in [5.74, 6) is 0.835. The largest absolute Gasteiger partial charge is 0.369 e. The number of anilines is 3. The summed E-state index contributed by atoms with van der Waals surface area (Å²) in [6, 6.07) is 12.7. The SMILES string of the molecule is Nc1nc2cc(/C=C/c3cnc(Nc4ccc(S(=O)(=O)C5CCCCC5)cc4)nc3)ccc2[nH]1. The van der Waals surface area contributed by atoms with Gasteiger partial charge < -0.3 is 16.0 Å². The van der Waals surface area contributed by atoms with Gasteiger partial charge in [0.2, 0.25) is 5.95 Å². The number of aromatic amines is 1. The summed E-state index contributed by atoms with van der Waals surface area (Å²) in [6.07, 6.45) is 11.9. The van der Waals surface area contributed by atoms with Crippen LogP contribution in [0, 0.1) is 0 Å². The minimum atomic E-state index is -3.28. The molecule has 174 valence electrons. The van der Waals surface area contributed by atoms with Crippen molar-refractivity contribution < 1.29 is 8.42 Å². The smallest absolute Gasteiger partial charge is 0.227 e. The molecule has 34 heavy (non-hydrogen) atoms. The maximum atomic E-state index is 12.9. The number of imidazole rings is 1. The number of nitrogens with zero attached hydrogens (tertiary/aromatic N) is 3. The van der Waals surface area contributed by atoms with Gasteiger partial charge in [0.05, 0.1) is 21.2 Å². The molecule has 1 aliphatic rings. The van der Waals surface area contributed by atoms with Crippen molar-refractivity contribution in [2.45, 2.75) is 42.2 Å². The van der Waals surface area contributed by atoms with Crippen LogP contribution in [0.15, 0.2) is 59.8 Å². The van der Waals surface area contributed by atoms with Crippen molar-refractivity contribution in [3.05, 3.63) is 66.0 Å². The standard InChI is InChI=1S/C25H26N6O2S/c26-24-30-22-13-8-17(14-23(22)31-24)6-7-18-15-27-25(28-16-18)29-19-9-11-21(12-10-19)34(32,33)20-4-2-1-3-5-20/h6-16,20H,1-5H2,(H3,26,30,31)(H,27,28,29)/b7-6+. The first kappa shape index (κ1) is 22.1. The lowest BCUT2D eigenvalue weighted by Gasteiger charge is -2.21. The summed E-state index contributed by atoms with van der Waals surface area (Å²) >= 11 is 0. The van der Waals surface area contributed by atoms with Gasteiger partial charge in [-0.05, 0) is 54.8 Å². The van der Waals surface area contributed by atoms with Gasteiger partial charge in [-0.3, -0.25) is 0 Å². The van der Waals surface area contributed by atoms with E-state index in [2.05, 4.69) is 25.3 Å². The second-order valence-electron chi connectivity index (χ2n) is 8.53. The average Bonchev–Trinajstić information content (AvgIpc) is 3.24. The highest BCUT2D eigenvalue weighted by atomic mass is 32.2. The molecule has 4 N–H and O–H groups in total. The maximum absolute atomic E-state index is 12.9. The first-order valence-corrected chi connectivity index (χ1v) is 12.9. The molecule has 0 amide bonds. The molecule has 1 saturated carbocycles. The van der Waals surface area contributed by atoms with Crippen LogP contribution in [0.3, 0.4) is 0 Å². The molecular formula is C25H26N6O2S. The minimum Gasteiger partial charge on any atom is -0.369 e. The van der Waals surface area contributed by atoms with Crippen molar-refractivity contribution in [2.24, 2.45) is 0 Å². The van der Waals surface area contributed by atoms with Gasteiger partial charge in [0.1, 0.15) is 0 Å². The summed E-state index contributed by atoms with van der Waals surface area (Å²) < 4.78 is 25.7. The highest BCUT2D eigenvalue weighted by Crippen LogP contribution is 2.29. The second-order valence-corrected chi connectivity index (χ2v) is 10.8. The van der Waals surface area contributed by atoms with Crippen molar-refractivity contribution in [3.63, 3.8) is 0 Å². The van der Waals surface area contributed by atoms with Crippen LogP contribution in [-0.4, -0.2) is 33.6 Å². The fourth-order valence-electron chi connectivity index (χ4n) is 4.25. The lowest BCUT2D eigenvalue weighted by atomic mass is 10.0. The number of H-pyrrole nitrogens is 1. The van der Waals surface area contributed by atoms with Crippen molar-refractivity contribution >= 4 is 50.6 Å². The molecule has 0 bridgehead atoms. The number of rotatable bonds is 6. The molecule has 0 atom stereocenters. The molecular weight excluding hydrogens is 448 g/mol. The van der Waals surface area contributed by atoms with Gasteiger partial charge in [-0.2, -0.15) is 0 Å². The molecule has 0 spiro atoms. The van der Waals surface area contributed by atoms with Crippen LogP contribution in [0.25, 0.3) is 23.2 Å². The predicted octanol–water partition coefficient (Wildman–Crippen LogP) is 4.96. The lowest BCUT2D eigenvalue weighted by molar-refractivity contribution is 0.483. The summed E-state index contributed by atoms with van der Waals surface area (Å²) in [6.45, 7) is 0. The fourth-order valence-corrected chi connectivity index (χ4v) is 6.11. The Morgan fingerprint density at radius 1 is 0.941 bits per heavy atom. The van der Waals surface area contributed by atoms with Gasteiger partial charge in [0.15, 0.2) is 15.8 Å². The number of benzene rings is 2. The van der Waals surface area contributed by atoms with Crippen LogP contribution in [0.5, 0.6) is 0 Å². The zero-order valence-electron chi connectivity index (χ0n) is 18.6. The maximum Gasteiger partial charge on any atom is 0.227 e. The Bertz CT molecular complexity index is 1420. The molecule has 4 aromatic rings. The van der Waals surface area contributed by atoms with E-state index in [-0.39, 0.29) is 5.25 Å². The highest BCUT2D eigenvalue weighted by molar-refractivity contribution is 7.92. The zero-order valence-corrected chi connectivity index (χ0v) is 19.4. The van der Waals surface area contributed by atoms with Crippen LogP contribution in [0.4, 0.5) is 17.6 Å². The Labute approximate surface area is 198 Å². The van der Waals surface area contributed by atoms with E-state index in [1.54, 1.807) is 36.7 Å². The van der Waals surface area contributed by atoms with Crippen LogP contribution in [0.2, 0.25) is 0 Å². The molecule has 0 saturated heterocycles. The van der Waals surface area contributed by atoms with E-state index >= 15 is 0 Å². The number of fused-ring (bicyclic) bond motifs is 1. The van der Waals surface area contributed by atoms with Gasteiger partial charge in [-0.15, -0.1) is 0 Å². The lowest BCUT2D eigenvalue weighted by Crippen LogP contribution is -2.24. The molecule has 1 aliphatic carbocycles. The first-order valence-electron chi connectivity index (χ1n) is 11.3. The number of nitrogens with two attached hydrogens (primary N) is 1. The summed E-state index contributed by atoms with van der Waals surface area (Å²) in [4.78, 5) is 16.3. The third-order valence-corrected chi connectivity index (χ3v) is 8.37. The molecule has 5 rings (SSSR count). The third-order valence-electron chi connectivity index (χ3n) is 6.10. The molecule has 0 unspecified atom stereocenters. The summed E-state index contributed by atoms with van der Waals surface area (Å²) in [7, 11) is -3.28. The highest BCUT2D eigenvalue weighted by Gasteiger charge is 2.28. The number of nitrogens with one attached hydrogen (secondary N) is 2. The Morgan fingerprint density at radius 3 is 2.38 bits per heavy atom. The van der Waals surface area contributed by atoms with E-state index in [1.165, 1.54) is 0 Å². The van der Waals surface area contributed by atoms with Crippen molar-refractivity contribution in [1.29, 1.82) is 0 Å². The minimum absolute atomic E-state index is 0.261. The van der Waals surface area contributed by atoms with Gasteiger partial charge in [-0.25, -0.2) is 23.4 Å². The van der Waals surface area contributed by atoms with Gasteiger partial charge in [0.25, 0.3) is 0 Å². The molecule has 0 aliphatic heterocycles. The normalized spacial score (nSPS) is 15.2. The average molecular weight is 475 g/mol. The van der Waals surface area contributed by atoms with Crippen molar-refractivity contribution in [2.75, 3.05) is 11.1 Å². The quantitative estimate of drug-likeness (QED) is 0.361. The summed E-state index contributed by atoms with van der Waals surface area (Å²) in [5.41, 5.74) is 9.98. The monoisotopic (exact) mass is 474 g/mol. The number of aromatic nitrogens is 4. The number of hydrogen-bond donors (Lipinski definition) is 3.